The van der Waals surface area contributed by atoms with E-state index in [1.165, 1.54) is 0 Å². The number of fused-ring (bicyclic) bond motifs is 2. The number of rotatable bonds is 3. The summed E-state index contributed by atoms with van der Waals surface area (Å²) < 4.78 is 1.58. The van der Waals surface area contributed by atoms with Gasteiger partial charge in [0, 0.05) is 36.6 Å². The van der Waals surface area contributed by atoms with Crippen LogP contribution in [0.15, 0.2) is 65.7 Å². The molecule has 25 heavy (non-hydrogen) atoms. The molecule has 0 unspecified atom stereocenters. The minimum Gasteiger partial charge on any atom is -0.369 e. The van der Waals surface area contributed by atoms with Crippen molar-refractivity contribution in [2.75, 3.05) is 11.9 Å². The van der Waals surface area contributed by atoms with Crippen molar-refractivity contribution in [1.82, 2.24) is 14.4 Å². The Morgan fingerprint density at radius 3 is 2.88 bits per heavy atom. The number of hydrogen-bond donors (Lipinski definition) is 0. The van der Waals surface area contributed by atoms with Crippen molar-refractivity contribution in [3.05, 3.63) is 82.5 Å². The van der Waals surface area contributed by atoms with Gasteiger partial charge in [0.25, 0.3) is 5.56 Å². The minimum absolute atomic E-state index is 0.0557. The minimum atomic E-state index is -0.0557. The molecule has 5 nitrogen and oxygen atoms in total. The molecule has 0 aliphatic carbocycles. The van der Waals surface area contributed by atoms with Crippen LogP contribution in [0.2, 0.25) is 0 Å². The second-order valence-electron chi connectivity index (χ2n) is 6.26. The quantitative estimate of drug-likeness (QED) is 0.579. The molecule has 0 bridgehead atoms. The van der Waals surface area contributed by atoms with Crippen LogP contribution < -0.4 is 10.5 Å². The Balaban J connectivity index is 1.67. The number of nitrogens with zero attached hydrogens (tertiary/aromatic N) is 4. The van der Waals surface area contributed by atoms with Crippen LogP contribution in [0, 0.1) is 6.92 Å². The number of pyridine rings is 2. The molecule has 0 aliphatic heterocycles. The highest BCUT2D eigenvalue weighted by Crippen LogP contribution is 2.21. The molecule has 0 spiro atoms. The Hall–Kier alpha value is -3.21. The van der Waals surface area contributed by atoms with Crippen LogP contribution in [-0.4, -0.2) is 21.4 Å². The van der Waals surface area contributed by atoms with Gasteiger partial charge in [0.1, 0.15) is 5.65 Å². The van der Waals surface area contributed by atoms with Gasteiger partial charge in [-0.3, -0.25) is 14.2 Å². The number of benzene rings is 1. The molecule has 0 amide bonds. The lowest BCUT2D eigenvalue weighted by Gasteiger charge is -2.19. The summed E-state index contributed by atoms with van der Waals surface area (Å²) in [4.78, 5) is 23.4. The van der Waals surface area contributed by atoms with Crippen molar-refractivity contribution in [2.45, 2.75) is 13.5 Å². The van der Waals surface area contributed by atoms with Crippen LogP contribution in [0.1, 0.15) is 11.3 Å². The van der Waals surface area contributed by atoms with Crippen LogP contribution in [-0.2, 0) is 6.54 Å². The van der Waals surface area contributed by atoms with Crippen molar-refractivity contribution in [2.24, 2.45) is 0 Å². The van der Waals surface area contributed by atoms with E-state index in [9.17, 15) is 4.79 Å². The highest BCUT2D eigenvalue weighted by atomic mass is 16.1. The van der Waals surface area contributed by atoms with E-state index in [1.54, 1.807) is 16.7 Å². The fraction of sp³-hybridized carbons (Fsp3) is 0.150. The zero-order valence-electron chi connectivity index (χ0n) is 14.2. The first-order valence-electron chi connectivity index (χ1n) is 8.15. The summed E-state index contributed by atoms with van der Waals surface area (Å²) in [6.45, 7) is 2.52. The Labute approximate surface area is 145 Å². The maximum atomic E-state index is 12.3. The number of aromatic nitrogens is 3. The summed E-state index contributed by atoms with van der Waals surface area (Å²) in [5.74, 6) is 0. The van der Waals surface area contributed by atoms with Gasteiger partial charge in [-0.05, 0) is 42.8 Å². The molecule has 4 aromatic rings. The third-order valence-electron chi connectivity index (χ3n) is 4.29. The molecule has 3 heterocycles. The summed E-state index contributed by atoms with van der Waals surface area (Å²) in [5.41, 5.74) is 4.43. The largest absolute Gasteiger partial charge is 0.369 e. The Morgan fingerprint density at radius 1 is 1.12 bits per heavy atom. The predicted molar refractivity (Wildman–Crippen MR) is 100 cm³/mol. The summed E-state index contributed by atoms with van der Waals surface area (Å²) in [5, 5.41) is 1.09. The van der Waals surface area contributed by atoms with E-state index in [-0.39, 0.29) is 5.56 Å². The molecule has 124 valence electrons. The zero-order chi connectivity index (χ0) is 17.4. The van der Waals surface area contributed by atoms with Gasteiger partial charge >= 0.3 is 0 Å². The topological polar surface area (TPSA) is 50.5 Å². The maximum absolute atomic E-state index is 12.3. The molecule has 0 saturated carbocycles. The smallest absolute Gasteiger partial charge is 0.258 e. The monoisotopic (exact) mass is 330 g/mol. The first kappa shape index (κ1) is 15.3. The molecular formula is C20H18N4O. The molecular weight excluding hydrogens is 312 g/mol. The van der Waals surface area contributed by atoms with E-state index in [1.807, 2.05) is 56.6 Å². The molecule has 0 saturated heterocycles. The summed E-state index contributed by atoms with van der Waals surface area (Å²) in [7, 11) is 2.00. The van der Waals surface area contributed by atoms with Gasteiger partial charge in [-0.25, -0.2) is 4.98 Å². The SMILES string of the molecule is Cc1ccc2nc(CN(C)c3ccc4ncccc4c3)cc(=O)n2c1. The molecule has 3 aromatic heterocycles. The van der Waals surface area contributed by atoms with Gasteiger partial charge in [-0.2, -0.15) is 0 Å². The van der Waals surface area contributed by atoms with Crippen molar-refractivity contribution < 1.29 is 0 Å². The molecule has 1 aromatic carbocycles. The van der Waals surface area contributed by atoms with Gasteiger partial charge in [0.2, 0.25) is 0 Å². The average Bonchev–Trinajstić information content (AvgIpc) is 2.62. The van der Waals surface area contributed by atoms with Gasteiger partial charge in [-0.15, -0.1) is 0 Å². The highest BCUT2D eigenvalue weighted by molar-refractivity contribution is 5.82. The molecule has 5 heteroatoms. The molecule has 0 radical (unpaired) electrons. The number of hydrogen-bond acceptors (Lipinski definition) is 4. The molecule has 0 atom stereocenters. The lowest BCUT2D eigenvalue weighted by Crippen LogP contribution is -2.21. The average molecular weight is 330 g/mol. The molecule has 0 aliphatic rings. The van der Waals surface area contributed by atoms with Crippen molar-refractivity contribution in [3.63, 3.8) is 0 Å². The van der Waals surface area contributed by atoms with Crippen LogP contribution in [0.5, 0.6) is 0 Å². The van der Waals surface area contributed by atoms with E-state index >= 15 is 0 Å². The lowest BCUT2D eigenvalue weighted by molar-refractivity contribution is 0.870. The lowest BCUT2D eigenvalue weighted by atomic mass is 10.2. The van der Waals surface area contributed by atoms with E-state index in [0.717, 1.165) is 27.8 Å². The Kier molecular flexibility index (Phi) is 3.69. The highest BCUT2D eigenvalue weighted by Gasteiger charge is 2.08. The first-order chi connectivity index (χ1) is 12.1. The fourth-order valence-electron chi connectivity index (χ4n) is 2.97. The second kappa shape index (κ2) is 6.02. The van der Waals surface area contributed by atoms with Crippen molar-refractivity contribution in [3.8, 4) is 0 Å². The molecule has 0 N–H and O–H groups in total. The van der Waals surface area contributed by atoms with E-state index in [2.05, 4.69) is 20.9 Å². The van der Waals surface area contributed by atoms with Crippen LogP contribution >= 0.6 is 0 Å². The first-order valence-corrected chi connectivity index (χ1v) is 8.15. The second-order valence-corrected chi connectivity index (χ2v) is 6.26. The Bertz CT molecular complexity index is 1130. The van der Waals surface area contributed by atoms with Crippen LogP contribution in [0.4, 0.5) is 5.69 Å². The fourth-order valence-corrected chi connectivity index (χ4v) is 2.97. The standard InChI is InChI=1S/C20H18N4O/c1-14-5-8-19-22-16(11-20(25)24(19)12-14)13-23(2)17-6-7-18-15(10-17)4-3-9-21-18/h3-12H,13H2,1-2H3. The molecule has 4 rings (SSSR count). The van der Waals surface area contributed by atoms with Gasteiger partial charge in [0.05, 0.1) is 17.8 Å². The summed E-state index contributed by atoms with van der Waals surface area (Å²) in [6.07, 6.45) is 3.61. The summed E-state index contributed by atoms with van der Waals surface area (Å²) in [6, 6.07) is 15.6. The van der Waals surface area contributed by atoms with Crippen molar-refractivity contribution in [1.29, 1.82) is 0 Å². The normalized spacial score (nSPS) is 11.1. The maximum Gasteiger partial charge on any atom is 0.258 e. The number of aryl methyl sites for hydroxylation is 1. The third kappa shape index (κ3) is 2.96. The Morgan fingerprint density at radius 2 is 2.00 bits per heavy atom. The predicted octanol–water partition coefficient (Wildman–Crippen LogP) is 3.19. The van der Waals surface area contributed by atoms with Crippen LogP contribution in [0.25, 0.3) is 16.6 Å². The number of anilines is 1. The molecule has 0 fully saturated rings. The van der Waals surface area contributed by atoms with Gasteiger partial charge in [-0.1, -0.05) is 12.1 Å². The third-order valence-corrected chi connectivity index (χ3v) is 4.29. The van der Waals surface area contributed by atoms with E-state index in [0.29, 0.717) is 12.2 Å². The van der Waals surface area contributed by atoms with Crippen LogP contribution in [0.3, 0.4) is 0 Å². The van der Waals surface area contributed by atoms with Gasteiger partial charge < -0.3 is 4.90 Å². The van der Waals surface area contributed by atoms with Crippen molar-refractivity contribution >= 4 is 22.2 Å². The van der Waals surface area contributed by atoms with E-state index < -0.39 is 0 Å². The summed E-state index contributed by atoms with van der Waals surface area (Å²) >= 11 is 0. The van der Waals surface area contributed by atoms with Gasteiger partial charge in [0.15, 0.2) is 0 Å². The van der Waals surface area contributed by atoms with E-state index in [4.69, 9.17) is 0 Å². The zero-order valence-corrected chi connectivity index (χ0v) is 14.2.